The second-order valence-corrected chi connectivity index (χ2v) is 6.68. The van der Waals surface area contributed by atoms with Gasteiger partial charge < -0.3 is 15.5 Å². The summed E-state index contributed by atoms with van der Waals surface area (Å²) < 4.78 is 0. The molecule has 0 saturated carbocycles. The fourth-order valence-electron chi connectivity index (χ4n) is 3.56. The molecule has 2 aliphatic heterocycles. The Bertz CT molecular complexity index is 922. The van der Waals surface area contributed by atoms with E-state index in [9.17, 15) is 14.4 Å². The third-order valence-corrected chi connectivity index (χ3v) is 5.02. The molecule has 6 heteroatoms. The summed E-state index contributed by atoms with van der Waals surface area (Å²) in [6.07, 6.45) is 1.32. The van der Waals surface area contributed by atoms with Gasteiger partial charge in [0.05, 0.1) is 5.92 Å². The highest BCUT2D eigenvalue weighted by Gasteiger charge is 2.33. The van der Waals surface area contributed by atoms with Gasteiger partial charge in [0, 0.05) is 37.0 Å². The van der Waals surface area contributed by atoms with Gasteiger partial charge >= 0.3 is 0 Å². The van der Waals surface area contributed by atoms with E-state index in [0.717, 1.165) is 22.5 Å². The van der Waals surface area contributed by atoms with Crippen LogP contribution < -0.4 is 15.5 Å². The van der Waals surface area contributed by atoms with Crippen molar-refractivity contribution in [3.63, 3.8) is 0 Å². The second kappa shape index (κ2) is 6.29. The molecule has 2 aromatic carbocycles. The van der Waals surface area contributed by atoms with Gasteiger partial charge in [0.2, 0.25) is 17.7 Å². The zero-order chi connectivity index (χ0) is 18.3. The molecule has 2 aromatic rings. The molecule has 2 aliphatic rings. The van der Waals surface area contributed by atoms with Crippen LogP contribution in [-0.2, 0) is 20.8 Å². The molecule has 1 unspecified atom stereocenters. The largest absolute Gasteiger partial charge is 0.326 e. The molecule has 4 rings (SSSR count). The number of fused-ring (bicyclic) bond motifs is 2. The van der Waals surface area contributed by atoms with Gasteiger partial charge in [-0.25, -0.2) is 0 Å². The maximum atomic E-state index is 12.8. The predicted molar refractivity (Wildman–Crippen MR) is 99.2 cm³/mol. The summed E-state index contributed by atoms with van der Waals surface area (Å²) in [5, 5.41) is 5.72. The Balaban J connectivity index is 1.59. The zero-order valence-electron chi connectivity index (χ0n) is 14.4. The number of carbonyl (C=O) groups is 3. The zero-order valence-corrected chi connectivity index (χ0v) is 14.4. The quantitative estimate of drug-likeness (QED) is 0.875. The molecular weight excluding hydrogens is 330 g/mol. The Morgan fingerprint density at radius 1 is 1.15 bits per heavy atom. The number of nitrogens with one attached hydrogen (secondary N) is 2. The molecule has 0 saturated heterocycles. The van der Waals surface area contributed by atoms with Crippen molar-refractivity contribution in [1.82, 2.24) is 0 Å². The molecule has 0 aliphatic carbocycles. The summed E-state index contributed by atoms with van der Waals surface area (Å²) in [6, 6.07) is 13.0. The molecule has 0 spiro atoms. The first-order valence-electron chi connectivity index (χ1n) is 8.62. The summed E-state index contributed by atoms with van der Waals surface area (Å²) in [5.41, 5.74) is 4.01. The smallest absolute Gasteiger partial charge is 0.232 e. The van der Waals surface area contributed by atoms with E-state index in [1.807, 2.05) is 36.4 Å². The molecule has 6 nitrogen and oxygen atoms in total. The highest BCUT2D eigenvalue weighted by molar-refractivity contribution is 6.06. The third kappa shape index (κ3) is 2.83. The normalized spacial score (nSPS) is 18.7. The van der Waals surface area contributed by atoms with E-state index < -0.39 is 5.92 Å². The van der Waals surface area contributed by atoms with Crippen molar-refractivity contribution in [3.8, 4) is 0 Å². The van der Waals surface area contributed by atoms with Crippen LogP contribution in [0.15, 0.2) is 42.5 Å². The Morgan fingerprint density at radius 2 is 1.96 bits per heavy atom. The molecule has 0 bridgehead atoms. The fourth-order valence-corrected chi connectivity index (χ4v) is 3.56. The number of rotatable bonds is 2. The highest BCUT2D eigenvalue weighted by Crippen LogP contribution is 2.36. The molecule has 132 valence electrons. The summed E-state index contributed by atoms with van der Waals surface area (Å²) in [6.45, 7) is 0. The van der Waals surface area contributed by atoms with Crippen molar-refractivity contribution < 1.29 is 14.4 Å². The number of benzene rings is 2. The average Bonchev–Trinajstić information content (AvgIpc) is 2.64. The minimum atomic E-state index is -0.527. The minimum Gasteiger partial charge on any atom is -0.326 e. The SMILES string of the molecule is CN1C(=O)CC(C(=O)Nc2ccc3c(c2)NC(=O)CC3)c2ccccc21. The topological polar surface area (TPSA) is 78.5 Å². The van der Waals surface area contributed by atoms with Crippen LogP contribution in [0, 0.1) is 0 Å². The van der Waals surface area contributed by atoms with Crippen LogP contribution in [0.2, 0.25) is 0 Å². The van der Waals surface area contributed by atoms with Crippen LogP contribution >= 0.6 is 0 Å². The third-order valence-electron chi connectivity index (χ3n) is 5.02. The lowest BCUT2D eigenvalue weighted by Gasteiger charge is -2.31. The van der Waals surface area contributed by atoms with Crippen molar-refractivity contribution in [2.24, 2.45) is 0 Å². The van der Waals surface area contributed by atoms with Gasteiger partial charge in [0.15, 0.2) is 0 Å². The van der Waals surface area contributed by atoms with Gasteiger partial charge in [-0.15, -0.1) is 0 Å². The maximum Gasteiger partial charge on any atom is 0.232 e. The van der Waals surface area contributed by atoms with E-state index in [1.54, 1.807) is 18.0 Å². The lowest BCUT2D eigenvalue weighted by atomic mass is 9.89. The van der Waals surface area contributed by atoms with Gasteiger partial charge in [-0.05, 0) is 35.7 Å². The summed E-state index contributed by atoms with van der Waals surface area (Å²) in [4.78, 5) is 38.3. The summed E-state index contributed by atoms with van der Waals surface area (Å²) in [5.74, 6) is -0.848. The Kier molecular flexibility index (Phi) is 3.95. The van der Waals surface area contributed by atoms with E-state index in [-0.39, 0.29) is 24.1 Å². The van der Waals surface area contributed by atoms with Gasteiger partial charge in [-0.3, -0.25) is 14.4 Å². The number of nitrogens with zero attached hydrogens (tertiary/aromatic N) is 1. The van der Waals surface area contributed by atoms with Crippen molar-refractivity contribution in [3.05, 3.63) is 53.6 Å². The number of para-hydroxylation sites is 1. The highest BCUT2D eigenvalue weighted by atomic mass is 16.2. The summed E-state index contributed by atoms with van der Waals surface area (Å²) >= 11 is 0. The van der Waals surface area contributed by atoms with Gasteiger partial charge in [0.25, 0.3) is 0 Å². The van der Waals surface area contributed by atoms with Gasteiger partial charge in [-0.1, -0.05) is 24.3 Å². The number of anilines is 3. The molecule has 26 heavy (non-hydrogen) atoms. The molecule has 0 aromatic heterocycles. The van der Waals surface area contributed by atoms with E-state index in [2.05, 4.69) is 10.6 Å². The Labute approximate surface area is 151 Å². The molecule has 1 atom stereocenters. The first-order chi connectivity index (χ1) is 12.5. The van der Waals surface area contributed by atoms with E-state index >= 15 is 0 Å². The van der Waals surface area contributed by atoms with Crippen LogP contribution in [0.5, 0.6) is 0 Å². The standard InChI is InChI=1S/C20H19N3O3/c1-23-17-5-3-2-4-14(17)15(11-19(23)25)20(26)21-13-8-6-12-7-9-18(24)22-16(12)10-13/h2-6,8,10,15H,7,9,11H2,1H3,(H,21,26)(H,22,24). The first kappa shape index (κ1) is 16.3. The van der Waals surface area contributed by atoms with Crippen molar-refractivity contribution in [2.45, 2.75) is 25.2 Å². The van der Waals surface area contributed by atoms with E-state index in [0.29, 0.717) is 18.5 Å². The molecular formula is C20H19N3O3. The molecule has 2 N–H and O–H groups in total. The van der Waals surface area contributed by atoms with Crippen LogP contribution in [0.3, 0.4) is 0 Å². The van der Waals surface area contributed by atoms with Crippen molar-refractivity contribution in [1.29, 1.82) is 0 Å². The Hall–Kier alpha value is -3.15. The monoisotopic (exact) mass is 349 g/mol. The second-order valence-electron chi connectivity index (χ2n) is 6.68. The molecule has 0 radical (unpaired) electrons. The number of aryl methyl sites for hydroxylation is 1. The van der Waals surface area contributed by atoms with Crippen molar-refractivity contribution in [2.75, 3.05) is 22.6 Å². The van der Waals surface area contributed by atoms with Crippen LogP contribution in [0.1, 0.15) is 29.9 Å². The number of carbonyl (C=O) groups excluding carboxylic acids is 3. The molecule has 0 fully saturated rings. The minimum absolute atomic E-state index is 0.0178. The van der Waals surface area contributed by atoms with E-state index in [4.69, 9.17) is 0 Å². The molecule has 3 amide bonds. The predicted octanol–water partition coefficient (Wildman–Crippen LogP) is 2.66. The van der Waals surface area contributed by atoms with E-state index in [1.165, 1.54) is 0 Å². The van der Waals surface area contributed by atoms with Crippen LogP contribution in [0.25, 0.3) is 0 Å². The first-order valence-corrected chi connectivity index (χ1v) is 8.62. The number of hydrogen-bond donors (Lipinski definition) is 2. The number of hydrogen-bond acceptors (Lipinski definition) is 3. The van der Waals surface area contributed by atoms with Crippen LogP contribution in [-0.4, -0.2) is 24.8 Å². The Morgan fingerprint density at radius 3 is 2.81 bits per heavy atom. The van der Waals surface area contributed by atoms with Gasteiger partial charge in [0.1, 0.15) is 0 Å². The summed E-state index contributed by atoms with van der Waals surface area (Å²) in [7, 11) is 1.72. The molecule has 2 heterocycles. The van der Waals surface area contributed by atoms with Crippen molar-refractivity contribution >= 4 is 34.8 Å². The lowest BCUT2D eigenvalue weighted by Crippen LogP contribution is -2.37. The number of amides is 3. The lowest BCUT2D eigenvalue weighted by molar-refractivity contribution is -0.124. The van der Waals surface area contributed by atoms with Gasteiger partial charge in [-0.2, -0.15) is 0 Å². The fraction of sp³-hybridized carbons (Fsp3) is 0.250. The average molecular weight is 349 g/mol. The van der Waals surface area contributed by atoms with Crippen LogP contribution in [0.4, 0.5) is 17.1 Å². The maximum absolute atomic E-state index is 12.8.